The van der Waals surface area contributed by atoms with Crippen molar-refractivity contribution >= 4 is 17.5 Å². The number of amides is 2. The maximum atomic E-state index is 13.0. The minimum absolute atomic E-state index is 0.0655. The van der Waals surface area contributed by atoms with E-state index >= 15 is 0 Å². The molecule has 0 atom stereocenters. The van der Waals surface area contributed by atoms with Gasteiger partial charge in [0.15, 0.2) is 0 Å². The molecule has 162 valence electrons. The number of likely N-dealkylation sites (N-methyl/N-ethyl adjacent to an activating group) is 1. The summed E-state index contributed by atoms with van der Waals surface area (Å²) in [7, 11) is 1.11. The molecule has 2 aromatic rings. The molecule has 0 aliphatic rings. The monoisotopic (exact) mass is 432 g/mol. The molecular formula is C20H18F6N2O2. The summed E-state index contributed by atoms with van der Waals surface area (Å²) in [5, 5.41) is 2.57. The van der Waals surface area contributed by atoms with Crippen molar-refractivity contribution in [2.45, 2.75) is 26.2 Å². The zero-order chi connectivity index (χ0) is 22.9. The van der Waals surface area contributed by atoms with Gasteiger partial charge in [-0.2, -0.15) is 26.3 Å². The van der Waals surface area contributed by atoms with Gasteiger partial charge < -0.3 is 10.2 Å². The highest BCUT2D eigenvalue weighted by molar-refractivity contribution is 5.99. The number of carbonyl (C=O) groups is 2. The molecule has 4 nitrogen and oxygen atoms in total. The first-order valence-corrected chi connectivity index (χ1v) is 8.61. The van der Waals surface area contributed by atoms with Crippen molar-refractivity contribution in [2.75, 3.05) is 18.9 Å². The fourth-order valence-corrected chi connectivity index (χ4v) is 2.66. The molecule has 2 aromatic carbocycles. The van der Waals surface area contributed by atoms with Crippen LogP contribution in [0.2, 0.25) is 0 Å². The maximum Gasteiger partial charge on any atom is 0.416 e. The predicted octanol–water partition coefficient (Wildman–Crippen LogP) is 5.05. The Morgan fingerprint density at radius 3 is 1.97 bits per heavy atom. The normalized spacial score (nSPS) is 11.9. The Morgan fingerprint density at radius 1 is 0.933 bits per heavy atom. The second-order valence-electron chi connectivity index (χ2n) is 6.75. The molecule has 0 radical (unpaired) electrons. The van der Waals surface area contributed by atoms with Gasteiger partial charge in [0, 0.05) is 18.3 Å². The average Bonchev–Trinajstić information content (AvgIpc) is 2.63. The Hall–Kier alpha value is -3.04. The van der Waals surface area contributed by atoms with Crippen LogP contribution in [0.15, 0.2) is 36.4 Å². The molecule has 0 aliphatic carbocycles. The third-order valence-corrected chi connectivity index (χ3v) is 4.44. The van der Waals surface area contributed by atoms with Gasteiger partial charge in [-0.05, 0) is 49.2 Å². The number of nitrogens with one attached hydrogen (secondary N) is 1. The van der Waals surface area contributed by atoms with Crippen molar-refractivity contribution in [3.8, 4) is 0 Å². The van der Waals surface area contributed by atoms with Gasteiger partial charge in [-0.1, -0.05) is 12.1 Å². The minimum Gasteiger partial charge on any atom is -0.332 e. The quantitative estimate of drug-likeness (QED) is 0.688. The summed E-state index contributed by atoms with van der Waals surface area (Å²) in [5.74, 6) is -1.80. The van der Waals surface area contributed by atoms with Crippen LogP contribution in [0.3, 0.4) is 0 Å². The van der Waals surface area contributed by atoms with Gasteiger partial charge in [0.25, 0.3) is 5.91 Å². The minimum atomic E-state index is -5.07. The second-order valence-corrected chi connectivity index (χ2v) is 6.75. The standard InChI is InChI=1S/C20H18F6N2O2/c1-11-5-4-6-16(12(11)2)27-17(29)10-28(3)18(30)13-7-14(19(21,22)23)9-15(8-13)20(24,25)26/h4-9H,10H2,1-3H3,(H,27,29). The molecule has 0 saturated heterocycles. The van der Waals surface area contributed by atoms with Crippen molar-refractivity contribution in [3.63, 3.8) is 0 Å². The molecule has 0 fully saturated rings. The van der Waals surface area contributed by atoms with Gasteiger partial charge in [0.1, 0.15) is 0 Å². The van der Waals surface area contributed by atoms with E-state index in [1.165, 1.54) is 0 Å². The Bertz CT molecular complexity index is 934. The molecule has 0 aromatic heterocycles. The first-order chi connectivity index (χ1) is 13.7. The van der Waals surface area contributed by atoms with E-state index in [4.69, 9.17) is 0 Å². The van der Waals surface area contributed by atoms with E-state index in [2.05, 4.69) is 5.32 Å². The molecular weight excluding hydrogens is 414 g/mol. The Kier molecular flexibility index (Phi) is 6.48. The smallest absolute Gasteiger partial charge is 0.332 e. The molecule has 1 N–H and O–H groups in total. The van der Waals surface area contributed by atoms with Crippen LogP contribution in [0.4, 0.5) is 32.0 Å². The second kappa shape index (κ2) is 8.37. The summed E-state index contributed by atoms with van der Waals surface area (Å²) in [6.07, 6.45) is -10.1. The van der Waals surface area contributed by atoms with Gasteiger partial charge in [-0.15, -0.1) is 0 Å². The van der Waals surface area contributed by atoms with E-state index in [1.54, 1.807) is 19.1 Å². The van der Waals surface area contributed by atoms with Crippen molar-refractivity contribution in [1.82, 2.24) is 4.90 Å². The van der Waals surface area contributed by atoms with E-state index in [0.29, 0.717) is 17.8 Å². The molecule has 0 unspecified atom stereocenters. The number of alkyl halides is 6. The van der Waals surface area contributed by atoms with E-state index in [9.17, 15) is 35.9 Å². The molecule has 0 bridgehead atoms. The molecule has 0 aliphatic heterocycles. The molecule has 2 rings (SSSR count). The van der Waals surface area contributed by atoms with Crippen LogP contribution in [0.5, 0.6) is 0 Å². The van der Waals surface area contributed by atoms with Crippen molar-refractivity contribution < 1.29 is 35.9 Å². The van der Waals surface area contributed by atoms with Crippen LogP contribution in [0, 0.1) is 13.8 Å². The molecule has 30 heavy (non-hydrogen) atoms. The van der Waals surface area contributed by atoms with E-state index in [0.717, 1.165) is 23.1 Å². The zero-order valence-corrected chi connectivity index (χ0v) is 16.2. The summed E-state index contributed by atoms with van der Waals surface area (Å²) < 4.78 is 77.8. The van der Waals surface area contributed by atoms with Crippen LogP contribution < -0.4 is 5.32 Å². The Balaban J connectivity index is 2.24. The number of benzene rings is 2. The number of hydrogen-bond donors (Lipinski definition) is 1. The molecule has 0 saturated carbocycles. The summed E-state index contributed by atoms with van der Waals surface area (Å²) in [6, 6.07) is 5.75. The highest BCUT2D eigenvalue weighted by atomic mass is 19.4. The van der Waals surface area contributed by atoms with Crippen LogP contribution in [0.25, 0.3) is 0 Å². The Labute approximate surface area is 168 Å². The largest absolute Gasteiger partial charge is 0.416 e. The van der Waals surface area contributed by atoms with Crippen molar-refractivity contribution in [1.29, 1.82) is 0 Å². The van der Waals surface area contributed by atoms with Gasteiger partial charge in [0.2, 0.25) is 5.91 Å². The number of aryl methyl sites for hydroxylation is 1. The number of halogens is 6. The van der Waals surface area contributed by atoms with E-state index < -0.39 is 47.4 Å². The van der Waals surface area contributed by atoms with Gasteiger partial charge >= 0.3 is 12.4 Å². The lowest BCUT2D eigenvalue weighted by Crippen LogP contribution is -2.35. The third kappa shape index (κ3) is 5.52. The summed E-state index contributed by atoms with van der Waals surface area (Å²) in [5.41, 5.74) is -1.85. The Morgan fingerprint density at radius 2 is 1.47 bits per heavy atom. The highest BCUT2D eigenvalue weighted by Crippen LogP contribution is 2.36. The number of nitrogens with zero attached hydrogens (tertiary/aromatic N) is 1. The lowest BCUT2D eigenvalue weighted by Gasteiger charge is -2.19. The van der Waals surface area contributed by atoms with Crippen molar-refractivity contribution in [3.05, 3.63) is 64.2 Å². The number of hydrogen-bond acceptors (Lipinski definition) is 2. The van der Waals surface area contributed by atoms with Crippen molar-refractivity contribution in [2.24, 2.45) is 0 Å². The van der Waals surface area contributed by atoms with Crippen LogP contribution >= 0.6 is 0 Å². The fourth-order valence-electron chi connectivity index (χ4n) is 2.66. The highest BCUT2D eigenvalue weighted by Gasteiger charge is 2.37. The summed E-state index contributed by atoms with van der Waals surface area (Å²) in [6.45, 7) is 3.03. The first-order valence-electron chi connectivity index (χ1n) is 8.61. The lowest BCUT2D eigenvalue weighted by molar-refractivity contribution is -0.143. The maximum absolute atomic E-state index is 13.0. The van der Waals surface area contributed by atoms with Gasteiger partial charge in [-0.3, -0.25) is 9.59 Å². The predicted molar refractivity (Wildman–Crippen MR) is 98.0 cm³/mol. The first kappa shape index (κ1) is 23.2. The summed E-state index contributed by atoms with van der Waals surface area (Å²) >= 11 is 0. The zero-order valence-electron chi connectivity index (χ0n) is 16.2. The van der Waals surface area contributed by atoms with Crippen LogP contribution in [-0.4, -0.2) is 30.3 Å². The van der Waals surface area contributed by atoms with Crippen LogP contribution in [0.1, 0.15) is 32.6 Å². The number of rotatable bonds is 4. The van der Waals surface area contributed by atoms with Gasteiger partial charge in [-0.25, -0.2) is 0 Å². The van der Waals surface area contributed by atoms with E-state index in [-0.39, 0.29) is 6.07 Å². The SMILES string of the molecule is Cc1cccc(NC(=O)CN(C)C(=O)c2cc(C(F)(F)F)cc(C(F)(F)F)c2)c1C. The molecule has 0 heterocycles. The average molecular weight is 432 g/mol. The van der Waals surface area contributed by atoms with E-state index in [1.807, 2.05) is 13.0 Å². The lowest BCUT2D eigenvalue weighted by atomic mass is 10.0. The van der Waals surface area contributed by atoms with Crippen LogP contribution in [-0.2, 0) is 17.1 Å². The molecule has 0 spiro atoms. The topological polar surface area (TPSA) is 49.4 Å². The summed E-state index contributed by atoms with van der Waals surface area (Å²) in [4.78, 5) is 25.4. The number of carbonyl (C=O) groups excluding carboxylic acids is 2. The third-order valence-electron chi connectivity index (χ3n) is 4.44. The number of anilines is 1. The molecule has 10 heteroatoms. The van der Waals surface area contributed by atoms with Gasteiger partial charge in [0.05, 0.1) is 17.7 Å². The fraction of sp³-hybridized carbons (Fsp3) is 0.300. The molecule has 2 amide bonds.